The van der Waals surface area contributed by atoms with Crippen LogP contribution in [0.25, 0.3) is 11.3 Å². The van der Waals surface area contributed by atoms with E-state index in [4.69, 9.17) is 8.94 Å². The summed E-state index contributed by atoms with van der Waals surface area (Å²) in [5.74, 6) is 1.48. The van der Waals surface area contributed by atoms with E-state index in [9.17, 15) is 4.79 Å². The molecule has 6 heteroatoms. The molecule has 1 aromatic carbocycles. The highest BCUT2D eigenvalue weighted by atomic mass is 16.5. The molecule has 0 radical (unpaired) electrons. The van der Waals surface area contributed by atoms with Crippen molar-refractivity contribution < 1.29 is 13.7 Å². The van der Waals surface area contributed by atoms with Crippen molar-refractivity contribution in [3.63, 3.8) is 0 Å². The van der Waals surface area contributed by atoms with Gasteiger partial charge in [-0.1, -0.05) is 42.4 Å². The van der Waals surface area contributed by atoms with Crippen LogP contribution >= 0.6 is 0 Å². The van der Waals surface area contributed by atoms with Crippen LogP contribution < -0.4 is 4.90 Å². The van der Waals surface area contributed by atoms with E-state index in [-0.39, 0.29) is 11.9 Å². The van der Waals surface area contributed by atoms with Crippen LogP contribution in [0.1, 0.15) is 38.5 Å². The summed E-state index contributed by atoms with van der Waals surface area (Å²) in [6.45, 7) is 6.85. The zero-order valence-corrected chi connectivity index (χ0v) is 16.9. The van der Waals surface area contributed by atoms with E-state index in [1.165, 1.54) is 0 Å². The first-order valence-corrected chi connectivity index (χ1v) is 9.58. The average Bonchev–Trinajstić information content (AvgIpc) is 3.36. The molecule has 0 N–H and O–H groups in total. The summed E-state index contributed by atoms with van der Waals surface area (Å²) in [6.07, 6.45) is 2.04. The Morgan fingerprint density at radius 2 is 1.86 bits per heavy atom. The Morgan fingerprint density at radius 1 is 1.11 bits per heavy atom. The van der Waals surface area contributed by atoms with Crippen LogP contribution in [0.5, 0.6) is 0 Å². The summed E-state index contributed by atoms with van der Waals surface area (Å²) in [5, 5.41) is 4.35. The molecule has 0 aliphatic carbocycles. The number of amides is 1. The van der Waals surface area contributed by atoms with Gasteiger partial charge in [0, 0.05) is 25.1 Å². The number of benzene rings is 1. The number of furan rings is 1. The van der Waals surface area contributed by atoms with Crippen molar-refractivity contribution in [2.75, 3.05) is 11.9 Å². The molecule has 1 amide bonds. The van der Waals surface area contributed by atoms with Crippen molar-refractivity contribution in [3.8, 4) is 11.3 Å². The molecule has 0 bridgehead atoms. The van der Waals surface area contributed by atoms with Crippen LogP contribution in [0.2, 0.25) is 0 Å². The second-order valence-electron chi connectivity index (χ2n) is 7.07. The molecule has 0 saturated carbocycles. The van der Waals surface area contributed by atoms with Gasteiger partial charge in [-0.05, 0) is 26.0 Å². The number of carbonyl (C=O) groups excluding carboxylic acids is 1. The normalized spacial score (nSPS) is 11.0. The lowest BCUT2D eigenvalue weighted by molar-refractivity contribution is -0.132. The largest absolute Gasteiger partial charge is 0.467 e. The van der Waals surface area contributed by atoms with Gasteiger partial charge in [0.1, 0.15) is 11.5 Å². The minimum Gasteiger partial charge on any atom is -0.467 e. The number of carbonyl (C=O) groups is 1. The number of rotatable bonds is 8. The fourth-order valence-electron chi connectivity index (χ4n) is 3.01. The Labute approximate surface area is 165 Å². The zero-order valence-electron chi connectivity index (χ0n) is 16.9. The molecule has 148 valence electrons. The molecule has 0 fully saturated rings. The summed E-state index contributed by atoms with van der Waals surface area (Å²) >= 11 is 0. The maximum Gasteiger partial charge on any atom is 0.232 e. The number of aromatic nitrogens is 1. The van der Waals surface area contributed by atoms with Crippen molar-refractivity contribution in [1.29, 1.82) is 0 Å². The Bertz CT molecular complexity index is 885. The Balaban J connectivity index is 2.01. The molecule has 6 nitrogen and oxygen atoms in total. The summed E-state index contributed by atoms with van der Waals surface area (Å²) < 4.78 is 11.2. The van der Waals surface area contributed by atoms with Crippen molar-refractivity contribution in [1.82, 2.24) is 10.1 Å². The molecule has 3 rings (SSSR count). The van der Waals surface area contributed by atoms with E-state index < -0.39 is 0 Å². The fourth-order valence-corrected chi connectivity index (χ4v) is 3.01. The smallest absolute Gasteiger partial charge is 0.232 e. The third kappa shape index (κ3) is 4.27. The maximum atomic E-state index is 12.6. The van der Waals surface area contributed by atoms with Crippen molar-refractivity contribution in [2.24, 2.45) is 0 Å². The fraction of sp³-hybridized carbons (Fsp3) is 0.364. The van der Waals surface area contributed by atoms with Gasteiger partial charge in [0.15, 0.2) is 0 Å². The van der Waals surface area contributed by atoms with Gasteiger partial charge >= 0.3 is 0 Å². The van der Waals surface area contributed by atoms with Crippen LogP contribution in [0.3, 0.4) is 0 Å². The zero-order chi connectivity index (χ0) is 20.1. The number of anilines is 1. The molecule has 2 aromatic heterocycles. The third-order valence-electron chi connectivity index (χ3n) is 4.84. The van der Waals surface area contributed by atoms with E-state index >= 15 is 0 Å². The van der Waals surface area contributed by atoms with Crippen LogP contribution in [0.15, 0.2) is 57.7 Å². The number of hydrogen-bond donors (Lipinski definition) is 0. The van der Waals surface area contributed by atoms with Gasteiger partial charge in [-0.15, -0.1) is 0 Å². The minimum absolute atomic E-state index is 0.0507. The first kappa shape index (κ1) is 19.7. The molecule has 0 aliphatic heterocycles. The highest BCUT2D eigenvalue weighted by Gasteiger charge is 2.25. The van der Waals surface area contributed by atoms with Gasteiger partial charge in [-0.2, -0.15) is 0 Å². The molecular weight excluding hydrogens is 354 g/mol. The lowest BCUT2D eigenvalue weighted by Gasteiger charge is -2.25. The number of nitrogens with zero attached hydrogens (tertiary/aromatic N) is 3. The second kappa shape index (κ2) is 8.78. The lowest BCUT2D eigenvalue weighted by Crippen LogP contribution is -2.31. The van der Waals surface area contributed by atoms with E-state index in [0.717, 1.165) is 22.6 Å². The molecule has 3 aromatic rings. The summed E-state index contributed by atoms with van der Waals surface area (Å²) in [6, 6.07) is 13.8. The molecule has 2 heterocycles. The topological polar surface area (TPSA) is 62.7 Å². The van der Waals surface area contributed by atoms with Crippen LogP contribution in [-0.4, -0.2) is 29.1 Å². The molecule has 0 atom stereocenters. The van der Waals surface area contributed by atoms with Crippen LogP contribution in [-0.2, 0) is 17.9 Å². The Kier molecular flexibility index (Phi) is 6.19. The average molecular weight is 381 g/mol. The Hall–Kier alpha value is -3.02. The van der Waals surface area contributed by atoms with Gasteiger partial charge in [-0.3, -0.25) is 4.79 Å². The molecular formula is C22H27N3O3. The third-order valence-corrected chi connectivity index (χ3v) is 4.84. The van der Waals surface area contributed by atoms with Gasteiger partial charge in [0.05, 0.1) is 24.9 Å². The summed E-state index contributed by atoms with van der Waals surface area (Å²) in [7, 11) is 1.97. The number of hydrogen-bond acceptors (Lipinski definition) is 5. The predicted octanol–water partition coefficient (Wildman–Crippen LogP) is 4.72. The molecule has 0 unspecified atom stereocenters. The molecule has 0 saturated heterocycles. The maximum absolute atomic E-state index is 12.6. The van der Waals surface area contributed by atoms with E-state index in [2.05, 4.69) is 19.0 Å². The predicted molar refractivity (Wildman–Crippen MR) is 109 cm³/mol. The highest BCUT2D eigenvalue weighted by molar-refractivity contribution is 5.77. The summed E-state index contributed by atoms with van der Waals surface area (Å²) in [5.41, 5.74) is 2.62. The van der Waals surface area contributed by atoms with Gasteiger partial charge < -0.3 is 18.7 Å². The first-order chi connectivity index (χ1) is 13.5. The van der Waals surface area contributed by atoms with Crippen LogP contribution in [0.4, 0.5) is 5.88 Å². The SMILES string of the molecule is CCC(=O)N(Cc1ccco1)Cc1c(-c2ccccc2)noc1N(C)C(C)C. The van der Waals surface area contributed by atoms with Crippen molar-refractivity contribution in [3.05, 3.63) is 60.1 Å². The van der Waals surface area contributed by atoms with Gasteiger partial charge in [0.2, 0.25) is 11.8 Å². The molecule has 28 heavy (non-hydrogen) atoms. The van der Waals surface area contributed by atoms with Crippen molar-refractivity contribution >= 4 is 11.8 Å². The van der Waals surface area contributed by atoms with Gasteiger partial charge in [0.25, 0.3) is 0 Å². The van der Waals surface area contributed by atoms with E-state index in [0.29, 0.717) is 25.4 Å². The minimum atomic E-state index is 0.0507. The molecule has 0 aliphatic rings. The van der Waals surface area contributed by atoms with Crippen molar-refractivity contribution in [2.45, 2.75) is 46.3 Å². The van der Waals surface area contributed by atoms with E-state index in [1.807, 2.05) is 61.3 Å². The monoisotopic (exact) mass is 381 g/mol. The highest BCUT2D eigenvalue weighted by Crippen LogP contribution is 2.33. The lowest BCUT2D eigenvalue weighted by atomic mass is 10.1. The second-order valence-corrected chi connectivity index (χ2v) is 7.07. The standard InChI is InChI=1S/C22H27N3O3/c1-5-20(26)25(14-18-12-9-13-27-18)15-19-21(17-10-7-6-8-11-17)23-28-22(19)24(4)16(2)3/h6-13,16H,5,14-15H2,1-4H3. The van der Waals surface area contributed by atoms with Crippen LogP contribution in [0, 0.1) is 0 Å². The Morgan fingerprint density at radius 3 is 2.46 bits per heavy atom. The van der Waals surface area contributed by atoms with E-state index in [1.54, 1.807) is 11.2 Å². The summed E-state index contributed by atoms with van der Waals surface area (Å²) in [4.78, 5) is 16.5. The first-order valence-electron chi connectivity index (χ1n) is 9.58. The van der Waals surface area contributed by atoms with Gasteiger partial charge in [-0.25, -0.2) is 0 Å². The quantitative estimate of drug-likeness (QED) is 0.565. The molecule has 0 spiro atoms.